The van der Waals surface area contributed by atoms with Gasteiger partial charge in [-0.2, -0.15) is 5.26 Å². The van der Waals surface area contributed by atoms with E-state index in [4.69, 9.17) is 44.5 Å². The summed E-state index contributed by atoms with van der Waals surface area (Å²) in [5.74, 6) is -2.60. The molecule has 0 saturated carbocycles. The molecule has 2 aromatic carbocycles. The molecular formula is C57H92BrK2N7O15. The average Bonchev–Trinajstić information content (AvgIpc) is 3.47. The number of benzene rings is 2. The number of rotatable bonds is 16. The molecule has 0 radical (unpaired) electrons. The normalized spacial score (nSPS) is 15.0. The number of carbonyl (C=O) groups excluding carboxylic acids is 5. The number of hydrogen-bond donors (Lipinski definition) is 3. The Balaban J connectivity index is -0.000000573. The fourth-order valence-electron chi connectivity index (χ4n) is 7.42. The Labute approximate surface area is 582 Å². The van der Waals surface area contributed by atoms with E-state index in [0.717, 1.165) is 66.9 Å². The summed E-state index contributed by atoms with van der Waals surface area (Å²) in [5.41, 5.74) is 1.81. The van der Waals surface area contributed by atoms with Gasteiger partial charge in [-0.15, -0.1) is 0 Å². The van der Waals surface area contributed by atoms with Crippen LogP contribution in [-0.2, 0) is 82.1 Å². The van der Waals surface area contributed by atoms with Gasteiger partial charge in [-0.1, -0.05) is 64.5 Å². The zero-order valence-electron chi connectivity index (χ0n) is 52.6. The first-order valence-corrected chi connectivity index (χ1v) is 27.7. The molecule has 82 heavy (non-hydrogen) atoms. The summed E-state index contributed by atoms with van der Waals surface area (Å²) in [6.45, 7) is 34.0. The van der Waals surface area contributed by atoms with E-state index in [1.165, 1.54) is 6.92 Å². The number of alkyl halides is 1. The number of nitriles is 1. The fourth-order valence-corrected chi connectivity index (χ4v) is 7.80. The van der Waals surface area contributed by atoms with Gasteiger partial charge < -0.3 is 46.0 Å². The van der Waals surface area contributed by atoms with Gasteiger partial charge in [0.05, 0.1) is 45.1 Å². The molecule has 0 spiro atoms. The van der Waals surface area contributed by atoms with Gasteiger partial charge in [0.2, 0.25) is 0 Å². The van der Waals surface area contributed by atoms with Crippen LogP contribution in [0.3, 0.4) is 0 Å². The Morgan fingerprint density at radius 1 is 0.537 bits per heavy atom. The fraction of sp³-hybridized carbons (Fsp3) is 0.649. The van der Waals surface area contributed by atoms with Crippen molar-refractivity contribution in [2.45, 2.75) is 137 Å². The van der Waals surface area contributed by atoms with E-state index in [-0.39, 0.29) is 174 Å². The van der Waals surface area contributed by atoms with Crippen LogP contribution < -0.4 is 113 Å². The Hall–Kier alpha value is -2.31. The number of aliphatic carboxylic acids is 2. The van der Waals surface area contributed by atoms with Crippen LogP contribution in [0, 0.1) is 11.3 Å². The van der Waals surface area contributed by atoms with Crippen molar-refractivity contribution < 1.29 is 177 Å². The Morgan fingerprint density at radius 3 is 1.00 bits per heavy atom. The molecule has 3 N–H and O–H groups in total. The van der Waals surface area contributed by atoms with Crippen LogP contribution in [0.5, 0.6) is 0 Å². The van der Waals surface area contributed by atoms with Crippen LogP contribution >= 0.6 is 15.9 Å². The molecule has 0 amide bonds. The summed E-state index contributed by atoms with van der Waals surface area (Å²) in [6.07, 6.45) is 0.103. The van der Waals surface area contributed by atoms with E-state index in [9.17, 15) is 28.8 Å². The van der Waals surface area contributed by atoms with Crippen molar-refractivity contribution in [1.82, 2.24) is 29.8 Å². The monoisotopic (exact) mass is 1270 g/mol. The van der Waals surface area contributed by atoms with Crippen LogP contribution in [0.4, 0.5) is 0 Å². The molecule has 2 aromatic rings. The Kier molecular flexibility index (Phi) is 46.1. The standard InChI is InChI=1S/C27H43N3O6.C18H35N3O4.C9H9BrO2.C2H3N.CH2O3.2K.H/c1-26(2,3)35-24(33)19-29-13-11-28(18-22-9-7-21(8-10-22)17-23(31)32)12-14-30(16-15-29)20-25(34)36-27(4,5)6;1-17(2,3)24-15(22)13-20-9-7-19-8-10-21(12-11-20)14-16(23)25-18(4,5)6;10-6-8-3-1-7(2-4-8)5-9(11)12;1-2-3;2-1-4-3;;;/h7-10H,11-20H2,1-6H3,(H,31,32);19H,7-14H2,1-6H3;1-4H,5-6H2,(H,11,12);1H3;1,3H;;;/q;;;;;2*+1;-1/p-1. The summed E-state index contributed by atoms with van der Waals surface area (Å²) in [6, 6.07) is 16.9. The second kappa shape index (κ2) is 45.0. The maximum Gasteiger partial charge on any atom is 1.00 e. The quantitative estimate of drug-likeness (QED) is 0.0331. The van der Waals surface area contributed by atoms with Gasteiger partial charge in [0, 0.05) is 97.3 Å². The minimum atomic E-state index is -0.849. The molecule has 454 valence electrons. The molecule has 0 atom stereocenters. The molecular weight excluding hydrogens is 1180 g/mol. The largest absolute Gasteiger partial charge is 1.00 e. The van der Waals surface area contributed by atoms with E-state index >= 15 is 0 Å². The van der Waals surface area contributed by atoms with Gasteiger partial charge in [0.1, 0.15) is 22.4 Å². The van der Waals surface area contributed by atoms with Crippen LogP contribution in [0.1, 0.15) is 114 Å². The van der Waals surface area contributed by atoms with Crippen LogP contribution in [0.2, 0.25) is 0 Å². The van der Waals surface area contributed by atoms with Crippen molar-refractivity contribution in [3.63, 3.8) is 0 Å². The third kappa shape index (κ3) is 48.9. The molecule has 4 rings (SSSR count). The van der Waals surface area contributed by atoms with Crippen LogP contribution in [-0.4, -0.2) is 204 Å². The van der Waals surface area contributed by atoms with Crippen molar-refractivity contribution in [1.29, 1.82) is 5.26 Å². The van der Waals surface area contributed by atoms with Gasteiger partial charge in [-0.25, -0.2) is 0 Å². The van der Waals surface area contributed by atoms with E-state index in [1.807, 2.05) is 132 Å². The topological polar surface area (TPSA) is 281 Å². The molecule has 25 heteroatoms. The van der Waals surface area contributed by atoms with Crippen molar-refractivity contribution >= 4 is 58.2 Å². The summed E-state index contributed by atoms with van der Waals surface area (Å²) >= 11 is 3.32. The van der Waals surface area contributed by atoms with Gasteiger partial charge in [0.25, 0.3) is 6.47 Å². The maximum atomic E-state index is 12.5. The minimum absolute atomic E-state index is 0. The Morgan fingerprint density at radius 2 is 0.768 bits per heavy atom. The molecule has 0 aromatic heterocycles. The SMILES string of the molecule is CC#N.CC(C)(C)OC(=O)CN1CCN(CC(=O)OC(C)(C)C)CCN(Cc2ccc(CC(=O)O)cc2)CC1.CC(C)(C)OC(=O)CN1CCNCCN(CC(=O)OC(C)(C)C)CC1.O=C(O)Cc1ccc(CBr)cc1.O=CO[O-].[H-].[K+].[K+]. The minimum Gasteiger partial charge on any atom is -1.00 e. The number of esters is 4. The number of nitrogens with zero attached hydrogens (tertiary/aromatic N) is 6. The maximum absolute atomic E-state index is 12.5. The molecule has 0 unspecified atom stereocenters. The average molecular weight is 1270 g/mol. The smallest absolute Gasteiger partial charge is 1.00 e. The Bertz CT molecular complexity index is 2120. The van der Waals surface area contributed by atoms with Gasteiger partial charge in [0.15, 0.2) is 0 Å². The third-order valence-corrected chi connectivity index (χ3v) is 11.2. The first-order chi connectivity index (χ1) is 37.2. The summed E-state index contributed by atoms with van der Waals surface area (Å²) in [5, 5.41) is 37.4. The predicted octanol–water partition coefficient (Wildman–Crippen LogP) is -1.41. The number of hydrogen-bond acceptors (Lipinski definition) is 20. The first-order valence-electron chi connectivity index (χ1n) is 26.6. The molecule has 22 nitrogen and oxygen atoms in total. The van der Waals surface area contributed by atoms with E-state index in [2.05, 4.69) is 50.6 Å². The number of ether oxygens (including phenoxy) is 4. The van der Waals surface area contributed by atoms with Crippen LogP contribution in [0.25, 0.3) is 0 Å². The molecule has 0 aliphatic carbocycles. The number of halogens is 1. The second-order valence-corrected chi connectivity index (χ2v) is 23.4. The number of carboxylic acid groups (broad SMARTS) is 2. The van der Waals surface area contributed by atoms with Gasteiger partial charge in [-0.05, 0) is 105 Å². The molecule has 0 bridgehead atoms. The third-order valence-electron chi connectivity index (χ3n) is 10.6. The van der Waals surface area contributed by atoms with E-state index in [1.54, 1.807) is 6.07 Å². The van der Waals surface area contributed by atoms with Crippen molar-refractivity contribution in [3.8, 4) is 6.07 Å². The molecule has 2 fully saturated rings. The van der Waals surface area contributed by atoms with Gasteiger partial charge >= 0.3 is 139 Å². The first kappa shape index (κ1) is 83.9. The van der Waals surface area contributed by atoms with Crippen molar-refractivity contribution in [2.75, 3.05) is 105 Å². The van der Waals surface area contributed by atoms with Gasteiger partial charge in [-0.3, -0.25) is 58.1 Å². The molecule has 2 heterocycles. The zero-order valence-corrected chi connectivity index (χ0v) is 59.4. The predicted molar refractivity (Wildman–Crippen MR) is 305 cm³/mol. The van der Waals surface area contributed by atoms with Crippen LogP contribution in [0.15, 0.2) is 48.5 Å². The van der Waals surface area contributed by atoms with Crippen molar-refractivity contribution in [2.24, 2.45) is 0 Å². The molecule has 2 aliphatic heterocycles. The van der Waals surface area contributed by atoms with Crippen molar-refractivity contribution in [3.05, 3.63) is 70.8 Å². The second-order valence-electron chi connectivity index (χ2n) is 22.8. The number of carbonyl (C=O) groups is 7. The summed E-state index contributed by atoms with van der Waals surface area (Å²) in [4.78, 5) is 92.2. The van der Waals surface area contributed by atoms with E-state index in [0.29, 0.717) is 45.8 Å². The molecule has 2 aliphatic rings. The van der Waals surface area contributed by atoms with E-state index < -0.39 is 34.3 Å². The zero-order chi connectivity index (χ0) is 61.1. The number of nitrogens with one attached hydrogen (secondary N) is 1. The summed E-state index contributed by atoms with van der Waals surface area (Å²) < 4.78 is 21.9. The molecule has 2 saturated heterocycles. The number of carboxylic acids is 2. The summed E-state index contributed by atoms with van der Waals surface area (Å²) in [7, 11) is 0.